The third-order valence-electron chi connectivity index (χ3n) is 1.98. The van der Waals surface area contributed by atoms with Crippen molar-refractivity contribution in [2.24, 2.45) is 5.92 Å². The van der Waals surface area contributed by atoms with Crippen molar-refractivity contribution >= 4 is 0 Å². The van der Waals surface area contributed by atoms with Crippen molar-refractivity contribution in [1.82, 2.24) is 15.5 Å². The van der Waals surface area contributed by atoms with Crippen LogP contribution in [0.2, 0.25) is 0 Å². The van der Waals surface area contributed by atoms with Crippen LogP contribution in [0.15, 0.2) is 4.52 Å². The van der Waals surface area contributed by atoms with Gasteiger partial charge in [0.25, 0.3) is 0 Å². The summed E-state index contributed by atoms with van der Waals surface area (Å²) in [5.41, 5.74) is 0. The van der Waals surface area contributed by atoms with Gasteiger partial charge in [-0.05, 0) is 18.9 Å². The largest absolute Gasteiger partial charge is 0.339 e. The van der Waals surface area contributed by atoms with Gasteiger partial charge in [0.15, 0.2) is 5.82 Å². The predicted octanol–water partition coefficient (Wildman–Crippen LogP) is 1.77. The maximum absolute atomic E-state index is 5.11. The van der Waals surface area contributed by atoms with Crippen molar-refractivity contribution in [3.05, 3.63) is 11.7 Å². The lowest BCUT2D eigenvalue weighted by Gasteiger charge is -1.98. The highest BCUT2D eigenvalue weighted by Gasteiger charge is 2.05. The van der Waals surface area contributed by atoms with Crippen molar-refractivity contribution in [1.29, 1.82) is 0 Å². The molecule has 1 N–H and O–H groups in total. The summed E-state index contributed by atoms with van der Waals surface area (Å²) in [6.07, 6.45) is 1.99. The molecule has 0 spiro atoms. The van der Waals surface area contributed by atoms with E-state index in [1.165, 1.54) is 0 Å². The van der Waals surface area contributed by atoms with Gasteiger partial charge >= 0.3 is 0 Å². The third kappa shape index (κ3) is 3.87. The molecule has 0 aliphatic carbocycles. The van der Waals surface area contributed by atoms with Crippen LogP contribution in [0.1, 0.15) is 38.9 Å². The summed E-state index contributed by atoms with van der Waals surface area (Å²) < 4.78 is 5.11. The van der Waals surface area contributed by atoms with Crippen LogP contribution >= 0.6 is 0 Å². The molecule has 1 aromatic heterocycles. The quantitative estimate of drug-likeness (QED) is 0.755. The minimum Gasteiger partial charge on any atom is -0.339 e. The molecule has 0 radical (unpaired) electrons. The first-order chi connectivity index (χ1) is 6.72. The fourth-order valence-electron chi connectivity index (χ4n) is 1.11. The molecular weight excluding hydrogens is 178 g/mol. The Hall–Kier alpha value is -0.900. The highest BCUT2D eigenvalue weighted by Crippen LogP contribution is 2.06. The first kappa shape index (κ1) is 11.2. The van der Waals surface area contributed by atoms with E-state index in [0.717, 1.165) is 31.1 Å². The summed E-state index contributed by atoms with van der Waals surface area (Å²) >= 11 is 0. The maximum atomic E-state index is 5.11. The van der Waals surface area contributed by atoms with E-state index in [0.29, 0.717) is 12.5 Å². The van der Waals surface area contributed by atoms with Crippen molar-refractivity contribution in [2.45, 2.75) is 40.2 Å². The highest BCUT2D eigenvalue weighted by atomic mass is 16.5. The molecule has 0 amide bonds. The highest BCUT2D eigenvalue weighted by molar-refractivity contribution is 4.86. The summed E-state index contributed by atoms with van der Waals surface area (Å²) in [6.45, 7) is 8.06. The summed E-state index contributed by atoms with van der Waals surface area (Å²) in [5.74, 6) is 2.19. The van der Waals surface area contributed by atoms with Gasteiger partial charge in [-0.25, -0.2) is 0 Å². The summed E-state index contributed by atoms with van der Waals surface area (Å²) in [5, 5.41) is 7.04. The topological polar surface area (TPSA) is 51.0 Å². The molecule has 0 saturated heterocycles. The lowest BCUT2D eigenvalue weighted by molar-refractivity contribution is 0.362. The fraction of sp³-hybridized carbons (Fsp3) is 0.800. The molecule has 0 aliphatic heterocycles. The van der Waals surface area contributed by atoms with Crippen LogP contribution in [0.3, 0.4) is 0 Å². The molecule has 0 fully saturated rings. The molecule has 0 saturated carbocycles. The Bertz CT molecular complexity index is 258. The number of aromatic nitrogens is 2. The van der Waals surface area contributed by atoms with Crippen LogP contribution in [0, 0.1) is 5.92 Å². The van der Waals surface area contributed by atoms with Gasteiger partial charge in [0.2, 0.25) is 5.89 Å². The van der Waals surface area contributed by atoms with E-state index >= 15 is 0 Å². The van der Waals surface area contributed by atoms with Crippen LogP contribution in [0.4, 0.5) is 0 Å². The first-order valence-corrected chi connectivity index (χ1v) is 5.24. The number of aryl methyl sites for hydroxylation is 1. The van der Waals surface area contributed by atoms with Gasteiger partial charge in [-0.1, -0.05) is 25.9 Å². The Labute approximate surface area is 85.1 Å². The third-order valence-corrected chi connectivity index (χ3v) is 1.98. The Morgan fingerprint density at radius 2 is 2.21 bits per heavy atom. The second kappa shape index (κ2) is 5.75. The molecule has 4 heteroatoms. The predicted molar refractivity (Wildman–Crippen MR) is 54.8 cm³/mol. The zero-order valence-electron chi connectivity index (χ0n) is 9.21. The van der Waals surface area contributed by atoms with E-state index in [1.807, 2.05) is 0 Å². The first-order valence-electron chi connectivity index (χ1n) is 5.24. The zero-order chi connectivity index (χ0) is 10.4. The van der Waals surface area contributed by atoms with E-state index in [2.05, 4.69) is 36.2 Å². The number of nitrogens with zero attached hydrogens (tertiary/aromatic N) is 2. The Balaban J connectivity index is 2.35. The lowest BCUT2D eigenvalue weighted by Crippen LogP contribution is -2.12. The maximum Gasteiger partial charge on any atom is 0.226 e. The molecule has 14 heavy (non-hydrogen) atoms. The van der Waals surface area contributed by atoms with Crippen molar-refractivity contribution in [2.75, 3.05) is 6.54 Å². The monoisotopic (exact) mass is 197 g/mol. The molecule has 1 aromatic rings. The van der Waals surface area contributed by atoms with Gasteiger partial charge < -0.3 is 9.84 Å². The Morgan fingerprint density at radius 1 is 1.43 bits per heavy atom. The number of rotatable bonds is 6. The number of nitrogens with one attached hydrogen (secondary N) is 1. The van der Waals surface area contributed by atoms with E-state index in [4.69, 9.17) is 4.52 Å². The van der Waals surface area contributed by atoms with Gasteiger partial charge in [0.05, 0.1) is 6.54 Å². The normalized spacial score (nSPS) is 11.1. The molecule has 0 aliphatic rings. The standard InChI is InChI=1S/C10H19N3O/c1-4-11-7-9-12-10(14-13-9)6-5-8(2)3/h8,11H,4-7H2,1-3H3. The average Bonchev–Trinajstić information content (AvgIpc) is 2.59. The van der Waals surface area contributed by atoms with Crippen LogP contribution in [0.5, 0.6) is 0 Å². The lowest BCUT2D eigenvalue weighted by atomic mass is 10.1. The SMILES string of the molecule is CCNCc1noc(CCC(C)C)n1. The minimum atomic E-state index is 0.680. The minimum absolute atomic E-state index is 0.680. The van der Waals surface area contributed by atoms with Crippen LogP contribution in [-0.4, -0.2) is 16.7 Å². The zero-order valence-corrected chi connectivity index (χ0v) is 9.21. The molecule has 0 aromatic carbocycles. The molecular formula is C10H19N3O. The number of hydrogen-bond acceptors (Lipinski definition) is 4. The van der Waals surface area contributed by atoms with Crippen molar-refractivity contribution in [3.63, 3.8) is 0 Å². The van der Waals surface area contributed by atoms with Crippen molar-refractivity contribution in [3.8, 4) is 0 Å². The summed E-state index contributed by atoms with van der Waals surface area (Å²) in [6, 6.07) is 0. The second-order valence-corrected chi connectivity index (χ2v) is 3.82. The van der Waals surface area contributed by atoms with Gasteiger partial charge in [0.1, 0.15) is 0 Å². The van der Waals surface area contributed by atoms with Gasteiger partial charge in [-0.3, -0.25) is 0 Å². The van der Waals surface area contributed by atoms with E-state index < -0.39 is 0 Å². The fourth-order valence-corrected chi connectivity index (χ4v) is 1.11. The molecule has 1 heterocycles. The molecule has 1 rings (SSSR count). The summed E-state index contributed by atoms with van der Waals surface area (Å²) in [7, 11) is 0. The van der Waals surface area contributed by atoms with Gasteiger partial charge in [0, 0.05) is 6.42 Å². The van der Waals surface area contributed by atoms with Crippen LogP contribution in [-0.2, 0) is 13.0 Å². The second-order valence-electron chi connectivity index (χ2n) is 3.82. The van der Waals surface area contributed by atoms with Gasteiger partial charge in [-0.2, -0.15) is 4.98 Å². The molecule has 0 atom stereocenters. The van der Waals surface area contributed by atoms with E-state index in [9.17, 15) is 0 Å². The summed E-state index contributed by atoms with van der Waals surface area (Å²) in [4.78, 5) is 4.28. The molecule has 0 unspecified atom stereocenters. The molecule has 0 bridgehead atoms. The number of hydrogen-bond donors (Lipinski definition) is 1. The van der Waals surface area contributed by atoms with E-state index in [1.54, 1.807) is 0 Å². The molecule has 80 valence electrons. The van der Waals surface area contributed by atoms with Crippen molar-refractivity contribution < 1.29 is 4.52 Å². The smallest absolute Gasteiger partial charge is 0.226 e. The Kier molecular flexibility index (Phi) is 4.59. The molecule has 4 nitrogen and oxygen atoms in total. The average molecular weight is 197 g/mol. The van der Waals surface area contributed by atoms with Crippen LogP contribution in [0.25, 0.3) is 0 Å². The Morgan fingerprint density at radius 3 is 2.86 bits per heavy atom. The van der Waals surface area contributed by atoms with Gasteiger partial charge in [-0.15, -0.1) is 0 Å². The van der Waals surface area contributed by atoms with Crippen LogP contribution < -0.4 is 5.32 Å². The van der Waals surface area contributed by atoms with E-state index in [-0.39, 0.29) is 0 Å².